The van der Waals surface area contributed by atoms with E-state index in [1.807, 2.05) is 30.3 Å². The number of nitrogens with one attached hydrogen (secondary N) is 1. The molecule has 0 fully saturated rings. The summed E-state index contributed by atoms with van der Waals surface area (Å²) in [6.07, 6.45) is 0. The molecular formula is C18H18ClN5O2S. The van der Waals surface area contributed by atoms with Gasteiger partial charge in [0.15, 0.2) is 0 Å². The van der Waals surface area contributed by atoms with Crippen LogP contribution in [-0.4, -0.2) is 27.9 Å². The molecule has 1 aromatic heterocycles. The fourth-order valence-corrected chi connectivity index (χ4v) is 3.65. The quantitative estimate of drug-likeness (QED) is 0.483. The highest BCUT2D eigenvalue weighted by atomic mass is 35.5. The first-order valence-electron chi connectivity index (χ1n) is 8.02. The third-order valence-corrected chi connectivity index (χ3v) is 5.32. The molecule has 3 aromatic rings. The van der Waals surface area contributed by atoms with E-state index in [9.17, 15) is 4.79 Å². The van der Waals surface area contributed by atoms with Crippen LogP contribution >= 0.6 is 23.4 Å². The first-order valence-corrected chi connectivity index (χ1v) is 9.28. The van der Waals surface area contributed by atoms with Gasteiger partial charge in [-0.2, -0.15) is 0 Å². The van der Waals surface area contributed by atoms with Gasteiger partial charge in [-0.05, 0) is 30.7 Å². The Morgan fingerprint density at radius 3 is 2.59 bits per heavy atom. The normalized spacial score (nSPS) is 11.8. The topological polar surface area (TPSA) is 95.1 Å². The third kappa shape index (κ3) is 4.35. The summed E-state index contributed by atoms with van der Waals surface area (Å²) in [5, 5.41) is 11.2. The lowest BCUT2D eigenvalue weighted by Gasteiger charge is -2.17. The highest BCUT2D eigenvalue weighted by Crippen LogP contribution is 2.35. The fourth-order valence-electron chi connectivity index (χ4n) is 2.39. The number of hydrogen-bond donors (Lipinski definition) is 2. The van der Waals surface area contributed by atoms with E-state index in [0.29, 0.717) is 27.4 Å². The minimum Gasteiger partial charge on any atom is -0.495 e. The summed E-state index contributed by atoms with van der Waals surface area (Å²) in [5.41, 5.74) is 1.39. The van der Waals surface area contributed by atoms with Crippen LogP contribution in [-0.2, 0) is 4.79 Å². The van der Waals surface area contributed by atoms with E-state index in [0.717, 1.165) is 5.56 Å². The molecule has 1 amide bonds. The maximum Gasteiger partial charge on any atom is 0.242 e. The van der Waals surface area contributed by atoms with Crippen molar-refractivity contribution in [3.63, 3.8) is 0 Å². The monoisotopic (exact) mass is 403 g/mol. The van der Waals surface area contributed by atoms with Crippen LogP contribution in [0.1, 0.15) is 16.6 Å². The average Bonchev–Trinajstić information content (AvgIpc) is 2.99. The number of nitrogen functional groups attached to an aromatic ring is 1. The number of nitrogens with two attached hydrogens (primary N) is 1. The van der Waals surface area contributed by atoms with Gasteiger partial charge >= 0.3 is 0 Å². The first-order chi connectivity index (χ1) is 13.0. The maximum atomic E-state index is 13.0. The predicted octanol–water partition coefficient (Wildman–Crippen LogP) is 3.43. The SMILES string of the molecule is COc1ccc(NC(=O)[C@H](Sc2nnc(C)n2N)c2ccccc2)cc1Cl. The number of aryl methyl sites for hydroxylation is 1. The van der Waals surface area contributed by atoms with Crippen molar-refractivity contribution in [3.8, 4) is 5.75 Å². The Hall–Kier alpha value is -2.71. The standard InChI is InChI=1S/C18H18ClN5O2S/c1-11-22-23-18(24(11)20)27-16(12-6-4-3-5-7-12)17(25)21-13-8-9-15(26-2)14(19)10-13/h3-10,16H,20H2,1-2H3,(H,21,25)/t16-/m1/s1. The zero-order chi connectivity index (χ0) is 19.4. The van der Waals surface area contributed by atoms with Gasteiger partial charge in [0.05, 0.1) is 12.1 Å². The summed E-state index contributed by atoms with van der Waals surface area (Å²) < 4.78 is 6.49. The number of halogens is 1. The number of thioether (sulfide) groups is 1. The van der Waals surface area contributed by atoms with Crippen molar-refractivity contribution in [2.45, 2.75) is 17.3 Å². The molecule has 1 atom stereocenters. The van der Waals surface area contributed by atoms with Crippen molar-refractivity contribution in [2.24, 2.45) is 0 Å². The Morgan fingerprint density at radius 2 is 2.00 bits per heavy atom. The molecule has 9 heteroatoms. The third-order valence-electron chi connectivity index (χ3n) is 3.82. The van der Waals surface area contributed by atoms with Gasteiger partial charge < -0.3 is 15.9 Å². The second-order valence-electron chi connectivity index (χ2n) is 5.65. The van der Waals surface area contributed by atoms with Crippen LogP contribution < -0.4 is 15.9 Å². The van der Waals surface area contributed by atoms with E-state index in [4.69, 9.17) is 22.2 Å². The molecule has 140 valence electrons. The van der Waals surface area contributed by atoms with Gasteiger partial charge in [-0.3, -0.25) is 4.79 Å². The van der Waals surface area contributed by atoms with Crippen molar-refractivity contribution in [3.05, 3.63) is 64.9 Å². The Labute approximate surface area is 165 Å². The van der Waals surface area contributed by atoms with Crippen LogP contribution in [0.15, 0.2) is 53.7 Å². The van der Waals surface area contributed by atoms with E-state index >= 15 is 0 Å². The number of ether oxygens (including phenoxy) is 1. The number of carbonyl (C=O) groups excluding carboxylic acids is 1. The summed E-state index contributed by atoms with van der Waals surface area (Å²) in [6, 6.07) is 14.5. The molecular weight excluding hydrogens is 386 g/mol. The van der Waals surface area contributed by atoms with E-state index in [2.05, 4.69) is 15.5 Å². The lowest BCUT2D eigenvalue weighted by molar-refractivity contribution is -0.115. The summed E-state index contributed by atoms with van der Waals surface area (Å²) in [7, 11) is 1.53. The highest BCUT2D eigenvalue weighted by Gasteiger charge is 2.25. The first kappa shape index (κ1) is 19.1. The molecule has 0 aliphatic rings. The van der Waals surface area contributed by atoms with Crippen LogP contribution in [0.3, 0.4) is 0 Å². The number of nitrogens with zero attached hydrogens (tertiary/aromatic N) is 3. The second-order valence-corrected chi connectivity index (χ2v) is 7.13. The molecule has 0 unspecified atom stereocenters. The zero-order valence-electron chi connectivity index (χ0n) is 14.7. The van der Waals surface area contributed by atoms with Gasteiger partial charge in [0.1, 0.15) is 16.8 Å². The van der Waals surface area contributed by atoms with Crippen molar-refractivity contribution in [1.29, 1.82) is 0 Å². The number of aromatic nitrogens is 3. The molecule has 7 nitrogen and oxygen atoms in total. The van der Waals surface area contributed by atoms with Gasteiger partial charge in [0.2, 0.25) is 11.1 Å². The van der Waals surface area contributed by atoms with Crippen LogP contribution in [0.25, 0.3) is 0 Å². The van der Waals surface area contributed by atoms with Crippen molar-refractivity contribution in [2.75, 3.05) is 18.3 Å². The number of amides is 1. The molecule has 0 aliphatic heterocycles. The zero-order valence-corrected chi connectivity index (χ0v) is 16.3. The lowest BCUT2D eigenvalue weighted by atomic mass is 10.1. The Bertz CT molecular complexity index is 948. The molecule has 27 heavy (non-hydrogen) atoms. The van der Waals surface area contributed by atoms with Crippen molar-refractivity contribution < 1.29 is 9.53 Å². The average molecular weight is 404 g/mol. The van der Waals surface area contributed by atoms with Crippen LogP contribution in [0.5, 0.6) is 5.75 Å². The van der Waals surface area contributed by atoms with E-state index in [1.165, 1.54) is 23.5 Å². The van der Waals surface area contributed by atoms with E-state index in [1.54, 1.807) is 25.1 Å². The minimum atomic E-state index is -0.571. The summed E-state index contributed by atoms with van der Waals surface area (Å²) in [4.78, 5) is 13.0. The van der Waals surface area contributed by atoms with E-state index in [-0.39, 0.29) is 5.91 Å². The largest absolute Gasteiger partial charge is 0.495 e. The Kier molecular flexibility index (Phi) is 5.88. The summed E-state index contributed by atoms with van der Waals surface area (Å²) >= 11 is 7.37. The van der Waals surface area contributed by atoms with Crippen molar-refractivity contribution in [1.82, 2.24) is 14.9 Å². The Balaban J connectivity index is 1.87. The molecule has 0 radical (unpaired) electrons. The molecule has 3 rings (SSSR count). The number of carbonyl (C=O) groups is 1. The number of hydrogen-bond acceptors (Lipinski definition) is 6. The van der Waals surface area contributed by atoms with Crippen LogP contribution in [0.2, 0.25) is 5.02 Å². The van der Waals surface area contributed by atoms with Gasteiger partial charge in [-0.25, -0.2) is 4.68 Å². The minimum absolute atomic E-state index is 0.229. The lowest BCUT2D eigenvalue weighted by Crippen LogP contribution is -2.20. The summed E-state index contributed by atoms with van der Waals surface area (Å²) in [5.74, 6) is 6.81. The van der Waals surface area contributed by atoms with Crippen molar-refractivity contribution >= 4 is 35.0 Å². The molecule has 0 spiro atoms. The van der Waals surface area contributed by atoms with Crippen LogP contribution in [0.4, 0.5) is 5.69 Å². The van der Waals surface area contributed by atoms with Gasteiger partial charge in [-0.1, -0.05) is 53.7 Å². The predicted molar refractivity (Wildman–Crippen MR) is 107 cm³/mol. The van der Waals surface area contributed by atoms with Gasteiger partial charge in [0.25, 0.3) is 0 Å². The van der Waals surface area contributed by atoms with E-state index < -0.39 is 5.25 Å². The smallest absolute Gasteiger partial charge is 0.242 e. The fraction of sp³-hybridized carbons (Fsp3) is 0.167. The maximum absolute atomic E-state index is 13.0. The molecule has 0 saturated heterocycles. The highest BCUT2D eigenvalue weighted by molar-refractivity contribution is 8.00. The molecule has 1 heterocycles. The number of methoxy groups -OCH3 is 1. The molecule has 0 saturated carbocycles. The second kappa shape index (κ2) is 8.32. The summed E-state index contributed by atoms with van der Waals surface area (Å²) in [6.45, 7) is 1.74. The molecule has 2 aromatic carbocycles. The number of rotatable bonds is 6. The van der Waals surface area contributed by atoms with Gasteiger partial charge in [-0.15, -0.1) is 10.2 Å². The number of anilines is 1. The van der Waals surface area contributed by atoms with Crippen LogP contribution in [0, 0.1) is 6.92 Å². The molecule has 3 N–H and O–H groups in total. The van der Waals surface area contributed by atoms with Gasteiger partial charge in [0, 0.05) is 5.69 Å². The molecule has 0 aliphatic carbocycles. The molecule has 0 bridgehead atoms. The number of benzene rings is 2. The Morgan fingerprint density at radius 1 is 1.26 bits per heavy atom.